The zero-order valence-electron chi connectivity index (χ0n) is 32.0. The van der Waals surface area contributed by atoms with Gasteiger partial charge in [0.15, 0.2) is 8.07 Å². The number of hydrogen-bond donors (Lipinski definition) is 0. The zero-order valence-corrected chi connectivity index (χ0v) is 33.0. The minimum absolute atomic E-state index is 0.128. The molecule has 2 aliphatic carbocycles. The second kappa shape index (κ2) is 13.1. The fourth-order valence-electron chi connectivity index (χ4n) is 10.7. The van der Waals surface area contributed by atoms with Gasteiger partial charge < -0.3 is 9.47 Å². The first-order valence-corrected chi connectivity index (χ1v) is 22.5. The fourth-order valence-corrected chi connectivity index (χ4v) is 15.5. The van der Waals surface area contributed by atoms with E-state index in [0.29, 0.717) is 0 Å². The molecule has 8 aromatic carbocycles. The van der Waals surface area contributed by atoms with Gasteiger partial charge in [0, 0.05) is 33.8 Å². The SMILES string of the molecule is C1=CC2c3cc([Si](c4ccccc4)(c4ccccc4)c4ccccc4)ccc3N(c3ccccc3)C2C2=C1Cc1ccc(-n3c4ccccc4c4ccccc43)cc12. The molecule has 0 bridgehead atoms. The smallest absolute Gasteiger partial charge is 0.179 e. The van der Waals surface area contributed by atoms with E-state index in [4.69, 9.17) is 0 Å². The van der Waals surface area contributed by atoms with Gasteiger partial charge in [-0.1, -0.05) is 176 Å². The highest BCUT2D eigenvalue weighted by atomic mass is 28.3. The molecule has 58 heavy (non-hydrogen) atoms. The molecule has 0 saturated carbocycles. The molecule has 1 aromatic heterocycles. The standard InChI is InChI=1S/C55H40N2Si/c1-5-17-40(18-6-1)57-53-34-32-45(58(42-19-7-2-8-20-42,43-21-9-3-10-22-43)44-23-11-4-12-24-44)37-50(53)48-33-30-39-35-38-29-31-41(36-49(38)54(39)55(48)57)56-51-27-15-13-25-46(51)47-26-14-16-28-52(47)56/h1-34,36-37,48,55H,35H2. The Morgan fingerprint density at radius 3 is 1.62 bits per heavy atom. The van der Waals surface area contributed by atoms with Gasteiger partial charge in [0.2, 0.25) is 0 Å². The minimum atomic E-state index is -2.73. The van der Waals surface area contributed by atoms with E-state index in [1.54, 1.807) is 0 Å². The Bertz CT molecular complexity index is 2940. The van der Waals surface area contributed by atoms with Gasteiger partial charge in [-0.25, -0.2) is 0 Å². The normalized spacial score (nSPS) is 16.7. The van der Waals surface area contributed by atoms with Crippen molar-refractivity contribution in [3.05, 3.63) is 241 Å². The lowest BCUT2D eigenvalue weighted by Gasteiger charge is -2.35. The Hall–Kier alpha value is -6.94. The molecule has 0 N–H and O–H groups in total. The number of para-hydroxylation sites is 3. The molecule has 12 rings (SSSR count). The van der Waals surface area contributed by atoms with Crippen molar-refractivity contribution in [1.82, 2.24) is 4.57 Å². The molecule has 0 saturated heterocycles. The van der Waals surface area contributed by atoms with E-state index in [1.807, 2.05) is 0 Å². The molecule has 0 spiro atoms. The summed E-state index contributed by atoms with van der Waals surface area (Å²) in [5.41, 5.74) is 13.3. The van der Waals surface area contributed by atoms with Gasteiger partial charge in [0.1, 0.15) is 0 Å². The van der Waals surface area contributed by atoms with Crippen LogP contribution in [0.1, 0.15) is 22.6 Å². The molecule has 9 aromatic rings. The molecule has 3 aliphatic rings. The number of aromatic nitrogens is 1. The van der Waals surface area contributed by atoms with E-state index in [1.165, 1.54) is 87.5 Å². The van der Waals surface area contributed by atoms with Gasteiger partial charge in [-0.2, -0.15) is 0 Å². The third kappa shape index (κ3) is 4.77. The van der Waals surface area contributed by atoms with Crippen molar-refractivity contribution in [2.24, 2.45) is 0 Å². The van der Waals surface area contributed by atoms with Crippen LogP contribution in [0, 0.1) is 0 Å². The van der Waals surface area contributed by atoms with Crippen molar-refractivity contribution in [3.8, 4) is 5.69 Å². The Balaban J connectivity index is 1.06. The molecule has 2 heterocycles. The second-order valence-electron chi connectivity index (χ2n) is 16.0. The summed E-state index contributed by atoms with van der Waals surface area (Å²) in [6.07, 6.45) is 5.93. The van der Waals surface area contributed by atoms with Crippen molar-refractivity contribution in [2.75, 3.05) is 4.90 Å². The molecule has 0 radical (unpaired) electrons. The molecule has 274 valence electrons. The molecular weight excluding hydrogens is 717 g/mol. The molecule has 1 aliphatic heterocycles. The first kappa shape index (κ1) is 33.2. The highest BCUT2D eigenvalue weighted by Crippen LogP contribution is 2.55. The van der Waals surface area contributed by atoms with Gasteiger partial charge in [-0.15, -0.1) is 0 Å². The van der Waals surface area contributed by atoms with Crippen LogP contribution >= 0.6 is 0 Å². The summed E-state index contributed by atoms with van der Waals surface area (Å²) in [6, 6.07) is 77.5. The van der Waals surface area contributed by atoms with Crippen LogP contribution in [0.5, 0.6) is 0 Å². The topological polar surface area (TPSA) is 8.17 Å². The molecule has 3 heteroatoms. The van der Waals surface area contributed by atoms with E-state index in [9.17, 15) is 0 Å². The summed E-state index contributed by atoms with van der Waals surface area (Å²) in [6.45, 7) is 0. The number of nitrogens with zero attached hydrogens (tertiary/aromatic N) is 2. The second-order valence-corrected chi connectivity index (χ2v) is 19.8. The first-order valence-electron chi connectivity index (χ1n) is 20.5. The van der Waals surface area contributed by atoms with E-state index in [2.05, 4.69) is 228 Å². The predicted molar refractivity (Wildman–Crippen MR) is 246 cm³/mol. The largest absolute Gasteiger partial charge is 0.333 e. The van der Waals surface area contributed by atoms with Gasteiger partial charge in [0.25, 0.3) is 0 Å². The first-order chi connectivity index (χ1) is 28.8. The van der Waals surface area contributed by atoms with Crippen molar-refractivity contribution in [1.29, 1.82) is 0 Å². The van der Waals surface area contributed by atoms with Gasteiger partial charge in [0.05, 0.1) is 17.1 Å². The van der Waals surface area contributed by atoms with E-state index in [-0.39, 0.29) is 12.0 Å². The molecule has 2 nitrogen and oxygen atoms in total. The van der Waals surface area contributed by atoms with Crippen LogP contribution in [0.25, 0.3) is 33.1 Å². The highest BCUT2D eigenvalue weighted by molar-refractivity contribution is 7.19. The Morgan fingerprint density at radius 2 is 1.02 bits per heavy atom. The number of benzene rings is 8. The van der Waals surface area contributed by atoms with Gasteiger partial charge in [-0.3, -0.25) is 0 Å². The molecule has 0 amide bonds. The fraction of sp³-hybridized carbons (Fsp3) is 0.0545. The van der Waals surface area contributed by atoms with Crippen molar-refractivity contribution >= 4 is 67.6 Å². The number of fused-ring (bicyclic) bond motifs is 9. The Morgan fingerprint density at radius 1 is 0.466 bits per heavy atom. The highest BCUT2D eigenvalue weighted by Gasteiger charge is 2.47. The van der Waals surface area contributed by atoms with Crippen molar-refractivity contribution in [2.45, 2.75) is 18.4 Å². The van der Waals surface area contributed by atoms with Crippen LogP contribution in [-0.4, -0.2) is 18.7 Å². The summed E-state index contributed by atoms with van der Waals surface area (Å²) >= 11 is 0. The molecule has 2 unspecified atom stereocenters. The number of hydrogen-bond acceptors (Lipinski definition) is 1. The van der Waals surface area contributed by atoms with Crippen LogP contribution in [0.15, 0.2) is 224 Å². The van der Waals surface area contributed by atoms with Crippen LogP contribution < -0.4 is 25.6 Å². The number of allylic oxidation sites excluding steroid dienone is 2. The average molecular weight is 757 g/mol. The van der Waals surface area contributed by atoms with Gasteiger partial charge in [-0.05, 0) is 97.5 Å². The predicted octanol–water partition coefficient (Wildman–Crippen LogP) is 10.3. The Labute approximate surface area is 340 Å². The summed E-state index contributed by atoms with van der Waals surface area (Å²) in [7, 11) is -2.73. The minimum Gasteiger partial charge on any atom is -0.333 e. The zero-order chi connectivity index (χ0) is 38.2. The average Bonchev–Trinajstić information content (AvgIpc) is 3.95. The summed E-state index contributed by atoms with van der Waals surface area (Å²) < 4.78 is 2.46. The third-order valence-electron chi connectivity index (χ3n) is 13.1. The maximum Gasteiger partial charge on any atom is 0.179 e. The molecule has 2 atom stereocenters. The number of rotatable bonds is 6. The monoisotopic (exact) mass is 756 g/mol. The lowest BCUT2D eigenvalue weighted by Crippen LogP contribution is -2.74. The summed E-state index contributed by atoms with van der Waals surface area (Å²) in [4.78, 5) is 2.65. The van der Waals surface area contributed by atoms with E-state index in [0.717, 1.165) is 6.42 Å². The lowest BCUT2D eigenvalue weighted by molar-refractivity contribution is 0.758. The Kier molecular flexibility index (Phi) is 7.48. The van der Waals surface area contributed by atoms with Crippen LogP contribution in [0.3, 0.4) is 0 Å². The maximum absolute atomic E-state index is 2.73. The van der Waals surface area contributed by atoms with Crippen LogP contribution in [0.2, 0.25) is 0 Å². The molecule has 0 fully saturated rings. The van der Waals surface area contributed by atoms with Crippen LogP contribution in [0.4, 0.5) is 11.4 Å². The van der Waals surface area contributed by atoms with E-state index < -0.39 is 8.07 Å². The lowest BCUT2D eigenvalue weighted by atomic mass is 9.82. The van der Waals surface area contributed by atoms with Gasteiger partial charge >= 0.3 is 0 Å². The number of anilines is 2. The summed E-state index contributed by atoms with van der Waals surface area (Å²) in [5, 5.41) is 8.18. The summed E-state index contributed by atoms with van der Waals surface area (Å²) in [5.74, 6) is 0.186. The van der Waals surface area contributed by atoms with Crippen molar-refractivity contribution in [3.63, 3.8) is 0 Å². The van der Waals surface area contributed by atoms with Crippen molar-refractivity contribution < 1.29 is 0 Å². The molecular formula is C55H40N2Si. The maximum atomic E-state index is 2.65. The van der Waals surface area contributed by atoms with Crippen LogP contribution in [-0.2, 0) is 6.42 Å². The third-order valence-corrected chi connectivity index (χ3v) is 17.9. The quantitative estimate of drug-likeness (QED) is 0.121. The van der Waals surface area contributed by atoms with E-state index >= 15 is 0 Å².